The Bertz CT molecular complexity index is 1500. The quantitative estimate of drug-likeness (QED) is 0.291. The van der Waals surface area contributed by atoms with Gasteiger partial charge in [0.25, 0.3) is 0 Å². The van der Waals surface area contributed by atoms with Crippen molar-refractivity contribution in [2.75, 3.05) is 0 Å². The molecule has 0 bridgehead atoms. The summed E-state index contributed by atoms with van der Waals surface area (Å²) in [4.78, 5) is 0. The molecule has 0 saturated carbocycles. The van der Waals surface area contributed by atoms with Gasteiger partial charge in [0, 0.05) is 16.2 Å². The van der Waals surface area contributed by atoms with Crippen molar-refractivity contribution in [1.29, 1.82) is 0 Å². The second kappa shape index (κ2) is 5.71. The first-order valence-corrected chi connectivity index (χ1v) is 9.62. The Labute approximate surface area is 162 Å². The molecule has 0 unspecified atom stereocenters. The highest BCUT2D eigenvalue weighted by atomic mass is 16.3. The molecule has 0 radical (unpaired) electrons. The van der Waals surface area contributed by atoms with Gasteiger partial charge in [-0.25, -0.2) is 0 Å². The first-order valence-electron chi connectivity index (χ1n) is 9.62. The number of rotatable bonds is 1. The fourth-order valence-electron chi connectivity index (χ4n) is 4.26. The Morgan fingerprint density at radius 3 is 2.21 bits per heavy atom. The second-order valence-electron chi connectivity index (χ2n) is 7.51. The number of hydrogen-bond donors (Lipinski definition) is 0. The average Bonchev–Trinajstić information content (AvgIpc) is 3.13. The predicted octanol–water partition coefficient (Wildman–Crippen LogP) is 7.87. The zero-order chi connectivity index (χ0) is 18.7. The number of aryl methyl sites for hydroxylation is 1. The Morgan fingerprint density at radius 2 is 1.32 bits per heavy atom. The molecule has 0 fully saturated rings. The maximum absolute atomic E-state index is 6.30. The summed E-state index contributed by atoms with van der Waals surface area (Å²) in [5, 5.41) is 7.24. The molecule has 0 N–H and O–H groups in total. The molecule has 0 aliphatic heterocycles. The van der Waals surface area contributed by atoms with Gasteiger partial charge in [0.15, 0.2) is 0 Å². The summed E-state index contributed by atoms with van der Waals surface area (Å²) in [5.41, 5.74) is 5.69. The van der Waals surface area contributed by atoms with Crippen LogP contribution in [0.5, 0.6) is 0 Å². The minimum absolute atomic E-state index is 0.946. The summed E-state index contributed by atoms with van der Waals surface area (Å²) in [6.07, 6.45) is 0. The van der Waals surface area contributed by atoms with Gasteiger partial charge in [0.05, 0.1) is 0 Å². The fourth-order valence-corrected chi connectivity index (χ4v) is 4.26. The summed E-state index contributed by atoms with van der Waals surface area (Å²) in [7, 11) is 0. The third-order valence-electron chi connectivity index (χ3n) is 5.73. The minimum atomic E-state index is 0.946. The van der Waals surface area contributed by atoms with E-state index in [0.29, 0.717) is 0 Å². The van der Waals surface area contributed by atoms with Crippen LogP contribution in [0, 0.1) is 6.92 Å². The zero-order valence-corrected chi connectivity index (χ0v) is 15.6. The van der Waals surface area contributed by atoms with Crippen molar-refractivity contribution in [3.8, 4) is 11.1 Å². The van der Waals surface area contributed by atoms with Crippen molar-refractivity contribution in [1.82, 2.24) is 0 Å². The number of benzene rings is 5. The van der Waals surface area contributed by atoms with Crippen LogP contribution in [0.4, 0.5) is 0 Å². The van der Waals surface area contributed by atoms with E-state index >= 15 is 0 Å². The van der Waals surface area contributed by atoms with Crippen molar-refractivity contribution in [2.24, 2.45) is 0 Å². The van der Waals surface area contributed by atoms with Crippen molar-refractivity contribution < 1.29 is 4.42 Å². The van der Waals surface area contributed by atoms with Crippen LogP contribution in [0.25, 0.3) is 54.6 Å². The third kappa shape index (κ3) is 2.20. The number of fused-ring (bicyclic) bond motifs is 7. The van der Waals surface area contributed by atoms with Gasteiger partial charge < -0.3 is 4.42 Å². The van der Waals surface area contributed by atoms with Crippen LogP contribution in [-0.4, -0.2) is 0 Å². The van der Waals surface area contributed by atoms with Gasteiger partial charge in [0.1, 0.15) is 11.2 Å². The molecular formula is C27H18O. The van der Waals surface area contributed by atoms with E-state index in [2.05, 4.69) is 97.9 Å². The summed E-state index contributed by atoms with van der Waals surface area (Å²) in [6, 6.07) is 32.5. The van der Waals surface area contributed by atoms with Crippen molar-refractivity contribution in [3.05, 3.63) is 96.6 Å². The van der Waals surface area contributed by atoms with Gasteiger partial charge in [-0.2, -0.15) is 0 Å². The van der Waals surface area contributed by atoms with Gasteiger partial charge >= 0.3 is 0 Å². The van der Waals surface area contributed by atoms with E-state index in [0.717, 1.165) is 11.2 Å². The molecule has 28 heavy (non-hydrogen) atoms. The monoisotopic (exact) mass is 358 g/mol. The lowest BCUT2D eigenvalue weighted by Crippen LogP contribution is -1.81. The molecule has 1 heteroatoms. The first kappa shape index (κ1) is 15.5. The molecule has 0 aliphatic rings. The average molecular weight is 358 g/mol. The smallest absolute Gasteiger partial charge is 0.143 e. The molecule has 1 nitrogen and oxygen atoms in total. The van der Waals surface area contributed by atoms with Crippen LogP contribution in [0.1, 0.15) is 5.56 Å². The van der Waals surface area contributed by atoms with Crippen LogP contribution in [-0.2, 0) is 0 Å². The van der Waals surface area contributed by atoms with Crippen LogP contribution in [0.3, 0.4) is 0 Å². The molecule has 0 spiro atoms. The topological polar surface area (TPSA) is 13.1 Å². The maximum Gasteiger partial charge on any atom is 0.143 e. The summed E-state index contributed by atoms with van der Waals surface area (Å²) in [6.45, 7) is 2.12. The van der Waals surface area contributed by atoms with Gasteiger partial charge in [-0.3, -0.25) is 0 Å². The summed E-state index contributed by atoms with van der Waals surface area (Å²) < 4.78 is 6.30. The highest BCUT2D eigenvalue weighted by Crippen LogP contribution is 2.38. The number of furan rings is 1. The molecule has 0 atom stereocenters. The molecule has 1 aromatic heterocycles. The second-order valence-corrected chi connectivity index (χ2v) is 7.51. The summed E-state index contributed by atoms with van der Waals surface area (Å²) in [5.74, 6) is 0. The Hall–Kier alpha value is -3.58. The Kier molecular flexibility index (Phi) is 3.15. The van der Waals surface area contributed by atoms with E-state index in [-0.39, 0.29) is 0 Å². The summed E-state index contributed by atoms with van der Waals surface area (Å²) >= 11 is 0. The molecule has 6 rings (SSSR count). The Balaban J connectivity index is 1.66. The fraction of sp³-hybridized carbons (Fsp3) is 0.0370. The van der Waals surface area contributed by atoms with Crippen LogP contribution >= 0.6 is 0 Å². The van der Waals surface area contributed by atoms with E-state index in [1.807, 2.05) is 0 Å². The molecule has 5 aromatic carbocycles. The van der Waals surface area contributed by atoms with Gasteiger partial charge in [-0.1, -0.05) is 78.4 Å². The third-order valence-corrected chi connectivity index (χ3v) is 5.73. The van der Waals surface area contributed by atoms with E-state index < -0.39 is 0 Å². The van der Waals surface area contributed by atoms with Gasteiger partial charge in [-0.05, 0) is 52.4 Å². The van der Waals surface area contributed by atoms with E-state index in [9.17, 15) is 0 Å². The van der Waals surface area contributed by atoms with Gasteiger partial charge in [0.2, 0.25) is 0 Å². The van der Waals surface area contributed by atoms with E-state index in [1.54, 1.807) is 0 Å². The lowest BCUT2D eigenvalue weighted by Gasteiger charge is -2.06. The highest BCUT2D eigenvalue weighted by molar-refractivity contribution is 6.23. The molecule has 0 amide bonds. The van der Waals surface area contributed by atoms with Crippen LogP contribution in [0.15, 0.2) is 95.4 Å². The largest absolute Gasteiger partial charge is 0.455 e. The lowest BCUT2D eigenvalue weighted by atomic mass is 9.97. The standard InChI is InChI=1S/C27H18O/c1-17-6-8-18(9-7-17)20-11-13-22-21(16-20)12-15-25-26(22)24-14-10-19-4-2-3-5-23(19)27(24)28-25/h2-16H,1H3. The zero-order valence-electron chi connectivity index (χ0n) is 15.6. The Morgan fingerprint density at radius 1 is 0.571 bits per heavy atom. The molecule has 0 saturated heterocycles. The normalized spacial score (nSPS) is 11.8. The minimum Gasteiger partial charge on any atom is -0.455 e. The van der Waals surface area contributed by atoms with Crippen molar-refractivity contribution >= 4 is 43.5 Å². The molecule has 1 heterocycles. The molecule has 6 aromatic rings. The predicted molar refractivity (Wildman–Crippen MR) is 119 cm³/mol. The van der Waals surface area contributed by atoms with E-state index in [4.69, 9.17) is 4.42 Å². The maximum atomic E-state index is 6.30. The van der Waals surface area contributed by atoms with E-state index in [1.165, 1.54) is 49.0 Å². The molecule has 0 aliphatic carbocycles. The van der Waals surface area contributed by atoms with Crippen molar-refractivity contribution in [3.63, 3.8) is 0 Å². The van der Waals surface area contributed by atoms with Crippen LogP contribution in [0.2, 0.25) is 0 Å². The van der Waals surface area contributed by atoms with Gasteiger partial charge in [-0.15, -0.1) is 0 Å². The first-order chi connectivity index (χ1) is 13.8. The lowest BCUT2D eigenvalue weighted by molar-refractivity contribution is 0.673. The molecule has 132 valence electrons. The SMILES string of the molecule is Cc1ccc(-c2ccc3c(ccc4oc5c6ccccc6ccc5c43)c2)cc1. The highest BCUT2D eigenvalue weighted by Gasteiger charge is 2.13. The van der Waals surface area contributed by atoms with Crippen LogP contribution < -0.4 is 0 Å². The molecular weight excluding hydrogens is 340 g/mol. The number of hydrogen-bond acceptors (Lipinski definition) is 1. The van der Waals surface area contributed by atoms with Crippen molar-refractivity contribution in [2.45, 2.75) is 6.92 Å².